The third kappa shape index (κ3) is 3.13. The van der Waals surface area contributed by atoms with Gasteiger partial charge in [0.15, 0.2) is 5.78 Å². The van der Waals surface area contributed by atoms with Gasteiger partial charge in [-0.2, -0.15) is 5.10 Å². The van der Waals surface area contributed by atoms with Crippen molar-refractivity contribution < 1.29 is 4.79 Å². The van der Waals surface area contributed by atoms with Crippen LogP contribution in [0.2, 0.25) is 5.02 Å². The zero-order chi connectivity index (χ0) is 15.4. The fourth-order valence-electron chi connectivity index (χ4n) is 2.04. The number of hydrogen-bond donors (Lipinski definition) is 0. The summed E-state index contributed by atoms with van der Waals surface area (Å²) < 4.78 is 1.56. The van der Waals surface area contributed by atoms with Crippen molar-refractivity contribution in [2.24, 2.45) is 0 Å². The summed E-state index contributed by atoms with van der Waals surface area (Å²) >= 11 is 5.92. The normalized spacial score (nSPS) is 11.4. The van der Waals surface area contributed by atoms with Gasteiger partial charge in [-0.05, 0) is 12.1 Å². The third-order valence-corrected chi connectivity index (χ3v) is 3.38. The lowest BCUT2D eigenvalue weighted by Crippen LogP contribution is -2.04. The van der Waals surface area contributed by atoms with E-state index < -0.39 is 0 Å². The highest BCUT2D eigenvalue weighted by Gasteiger charge is 2.09. The summed E-state index contributed by atoms with van der Waals surface area (Å²) in [5.74, 6) is -0.0962. The first-order valence-electron chi connectivity index (χ1n) is 6.66. The van der Waals surface area contributed by atoms with Gasteiger partial charge in [0.2, 0.25) is 0 Å². The number of rotatable bonds is 4. The number of carbonyl (C=O) groups is 1. The van der Waals surface area contributed by atoms with Gasteiger partial charge >= 0.3 is 0 Å². The molecule has 1 aromatic heterocycles. The molecule has 0 amide bonds. The molecule has 108 valence electrons. The van der Waals surface area contributed by atoms with Gasteiger partial charge < -0.3 is 0 Å². The summed E-state index contributed by atoms with van der Waals surface area (Å²) in [4.78, 5) is 16.4. The minimum atomic E-state index is -0.0962. The van der Waals surface area contributed by atoms with E-state index in [0.29, 0.717) is 16.3 Å². The van der Waals surface area contributed by atoms with Crippen LogP contribution in [0, 0.1) is 0 Å². The second kappa shape index (κ2) is 6.37. The summed E-state index contributed by atoms with van der Waals surface area (Å²) in [5.41, 5.74) is 2.09. The van der Waals surface area contributed by atoms with E-state index in [9.17, 15) is 4.79 Å². The lowest BCUT2D eigenvalue weighted by atomic mass is 10.1. The Balaban J connectivity index is 2.04. The van der Waals surface area contributed by atoms with Crippen molar-refractivity contribution >= 4 is 23.1 Å². The maximum atomic E-state index is 12.4. The Kier molecular flexibility index (Phi) is 4.12. The Morgan fingerprint density at radius 3 is 2.36 bits per heavy atom. The van der Waals surface area contributed by atoms with E-state index in [4.69, 9.17) is 11.6 Å². The zero-order valence-electron chi connectivity index (χ0n) is 11.6. The Hall–Kier alpha value is -2.72. The van der Waals surface area contributed by atoms with Gasteiger partial charge in [-0.25, -0.2) is 9.67 Å². The van der Waals surface area contributed by atoms with Crippen molar-refractivity contribution in [3.63, 3.8) is 0 Å². The lowest BCUT2D eigenvalue weighted by Gasteiger charge is -2.07. The highest BCUT2D eigenvalue weighted by molar-refractivity contribution is 6.30. The van der Waals surface area contributed by atoms with Crippen molar-refractivity contribution in [1.29, 1.82) is 0 Å². The zero-order valence-corrected chi connectivity index (χ0v) is 12.3. The molecule has 0 saturated heterocycles. The van der Waals surface area contributed by atoms with Crippen LogP contribution in [-0.2, 0) is 0 Å². The molecule has 22 heavy (non-hydrogen) atoms. The van der Waals surface area contributed by atoms with Crippen molar-refractivity contribution in [1.82, 2.24) is 14.8 Å². The summed E-state index contributed by atoms with van der Waals surface area (Å²) in [7, 11) is 0. The Labute approximate surface area is 132 Å². The average molecular weight is 310 g/mol. The molecule has 0 aliphatic heterocycles. The van der Waals surface area contributed by atoms with Crippen LogP contribution < -0.4 is 0 Å². The molecule has 5 heteroatoms. The standard InChI is InChI=1S/C17H12ClN3O/c18-15-8-6-13(7-9-15)16(21-12-19-11-20-21)10-17(22)14-4-2-1-3-5-14/h1-12H/b16-10+. The molecule has 0 saturated carbocycles. The molecule has 1 heterocycles. The Bertz CT molecular complexity index is 794. The van der Waals surface area contributed by atoms with Crippen LogP contribution in [0.15, 0.2) is 73.3 Å². The average Bonchev–Trinajstić information content (AvgIpc) is 3.08. The number of benzene rings is 2. The Morgan fingerprint density at radius 2 is 1.73 bits per heavy atom. The molecule has 0 unspecified atom stereocenters. The summed E-state index contributed by atoms with van der Waals surface area (Å²) in [5, 5.41) is 4.75. The first kappa shape index (κ1) is 14.2. The number of hydrogen-bond acceptors (Lipinski definition) is 3. The quantitative estimate of drug-likeness (QED) is 0.545. The fourth-order valence-corrected chi connectivity index (χ4v) is 2.17. The van der Waals surface area contributed by atoms with E-state index in [-0.39, 0.29) is 5.78 Å². The summed E-state index contributed by atoms with van der Waals surface area (Å²) in [6.07, 6.45) is 4.53. The summed E-state index contributed by atoms with van der Waals surface area (Å²) in [6.45, 7) is 0. The molecule has 0 spiro atoms. The monoisotopic (exact) mass is 309 g/mol. The van der Waals surface area contributed by atoms with E-state index in [1.54, 1.807) is 41.4 Å². The van der Waals surface area contributed by atoms with E-state index in [1.807, 2.05) is 30.3 Å². The third-order valence-electron chi connectivity index (χ3n) is 3.13. The highest BCUT2D eigenvalue weighted by Crippen LogP contribution is 2.19. The van der Waals surface area contributed by atoms with Gasteiger partial charge in [0, 0.05) is 22.2 Å². The molecule has 0 radical (unpaired) electrons. The van der Waals surface area contributed by atoms with Gasteiger partial charge in [0.1, 0.15) is 12.7 Å². The van der Waals surface area contributed by atoms with Crippen LogP contribution in [0.25, 0.3) is 5.70 Å². The van der Waals surface area contributed by atoms with Gasteiger partial charge in [0.05, 0.1) is 5.70 Å². The van der Waals surface area contributed by atoms with Gasteiger partial charge in [-0.3, -0.25) is 4.79 Å². The topological polar surface area (TPSA) is 47.8 Å². The molecule has 0 aliphatic carbocycles. The molecule has 2 aromatic carbocycles. The summed E-state index contributed by atoms with van der Waals surface area (Å²) in [6, 6.07) is 16.3. The van der Waals surface area contributed by atoms with Crippen LogP contribution in [0.5, 0.6) is 0 Å². The molecule has 0 aliphatic rings. The second-order valence-corrected chi connectivity index (χ2v) is 5.04. The van der Waals surface area contributed by atoms with Crippen molar-refractivity contribution in [2.45, 2.75) is 0 Å². The smallest absolute Gasteiger partial charge is 0.188 e. The number of halogens is 1. The predicted molar refractivity (Wildman–Crippen MR) is 85.6 cm³/mol. The number of nitrogens with zero attached hydrogens (tertiary/aromatic N) is 3. The van der Waals surface area contributed by atoms with E-state index in [1.165, 1.54) is 6.33 Å². The molecular formula is C17H12ClN3O. The van der Waals surface area contributed by atoms with Crippen molar-refractivity contribution in [3.8, 4) is 0 Å². The minimum absolute atomic E-state index is 0.0962. The molecule has 4 nitrogen and oxygen atoms in total. The first-order valence-corrected chi connectivity index (χ1v) is 7.04. The second-order valence-electron chi connectivity index (χ2n) is 4.61. The molecule has 0 fully saturated rings. The molecule has 0 atom stereocenters. The van der Waals surface area contributed by atoms with Crippen LogP contribution in [0.4, 0.5) is 0 Å². The largest absolute Gasteiger partial charge is 0.289 e. The number of allylic oxidation sites excluding steroid dienone is 1. The van der Waals surface area contributed by atoms with Crippen LogP contribution in [0.3, 0.4) is 0 Å². The maximum absolute atomic E-state index is 12.4. The van der Waals surface area contributed by atoms with Crippen LogP contribution in [-0.4, -0.2) is 20.5 Å². The minimum Gasteiger partial charge on any atom is -0.289 e. The van der Waals surface area contributed by atoms with Crippen molar-refractivity contribution in [2.75, 3.05) is 0 Å². The van der Waals surface area contributed by atoms with E-state index >= 15 is 0 Å². The number of ketones is 1. The van der Waals surface area contributed by atoms with E-state index in [2.05, 4.69) is 10.1 Å². The fraction of sp³-hybridized carbons (Fsp3) is 0. The molecule has 0 bridgehead atoms. The van der Waals surface area contributed by atoms with Gasteiger partial charge in [-0.15, -0.1) is 0 Å². The van der Waals surface area contributed by atoms with E-state index in [0.717, 1.165) is 5.56 Å². The molecule has 0 N–H and O–H groups in total. The molecule has 3 aromatic rings. The molecular weight excluding hydrogens is 298 g/mol. The highest BCUT2D eigenvalue weighted by atomic mass is 35.5. The predicted octanol–water partition coefficient (Wildman–Crippen LogP) is 3.70. The maximum Gasteiger partial charge on any atom is 0.188 e. The van der Waals surface area contributed by atoms with Crippen LogP contribution in [0.1, 0.15) is 15.9 Å². The van der Waals surface area contributed by atoms with Crippen molar-refractivity contribution in [3.05, 3.63) is 89.5 Å². The molecule has 3 rings (SSSR count). The first-order chi connectivity index (χ1) is 10.7. The van der Waals surface area contributed by atoms with Gasteiger partial charge in [-0.1, -0.05) is 54.1 Å². The number of aromatic nitrogens is 3. The Morgan fingerprint density at radius 1 is 1.00 bits per heavy atom. The van der Waals surface area contributed by atoms with Gasteiger partial charge in [0.25, 0.3) is 0 Å². The SMILES string of the molecule is O=C(/C=C(\c1ccc(Cl)cc1)n1cncn1)c1ccccc1. The van der Waals surface area contributed by atoms with Crippen LogP contribution >= 0.6 is 11.6 Å². The lowest BCUT2D eigenvalue weighted by molar-refractivity contribution is 0.104. The number of carbonyl (C=O) groups excluding carboxylic acids is 1.